The molecule has 3 rings (SSSR count). The summed E-state index contributed by atoms with van der Waals surface area (Å²) in [7, 11) is 2.22. The lowest BCUT2D eigenvalue weighted by Gasteiger charge is -2.29. The Hall–Kier alpha value is -1.13. The molecule has 2 aromatic rings. The maximum absolute atomic E-state index is 4.71. The smallest absolute Gasteiger partial charge is 0.183 e. The molecule has 1 fully saturated rings. The summed E-state index contributed by atoms with van der Waals surface area (Å²) < 4.78 is 1.28. The van der Waals surface area contributed by atoms with Crippen molar-refractivity contribution in [2.24, 2.45) is 5.92 Å². The van der Waals surface area contributed by atoms with E-state index in [0.29, 0.717) is 0 Å². The Morgan fingerprint density at radius 2 is 2.37 bits per heavy atom. The predicted octanol–water partition coefficient (Wildman–Crippen LogP) is 3.36. The SMILES string of the molecule is Cc1cccc2sc(NCC3CCCN(C)C3)nc12. The zero-order valence-electron chi connectivity index (χ0n) is 11.6. The number of fused-ring (bicyclic) bond motifs is 1. The number of benzene rings is 1. The fourth-order valence-corrected chi connectivity index (χ4v) is 3.78. The molecule has 0 aliphatic carbocycles. The average Bonchev–Trinajstić information content (AvgIpc) is 2.81. The van der Waals surface area contributed by atoms with Crippen molar-refractivity contribution in [3.05, 3.63) is 23.8 Å². The largest absolute Gasteiger partial charge is 0.361 e. The van der Waals surface area contributed by atoms with E-state index in [4.69, 9.17) is 4.98 Å². The van der Waals surface area contributed by atoms with Crippen LogP contribution in [0.15, 0.2) is 18.2 Å². The van der Waals surface area contributed by atoms with Crippen molar-refractivity contribution in [2.45, 2.75) is 19.8 Å². The number of hydrogen-bond donors (Lipinski definition) is 1. The van der Waals surface area contributed by atoms with Crippen LogP contribution in [0.1, 0.15) is 18.4 Å². The molecule has 0 radical (unpaired) electrons. The van der Waals surface area contributed by atoms with E-state index in [2.05, 4.69) is 42.4 Å². The second kappa shape index (κ2) is 5.47. The van der Waals surface area contributed by atoms with Gasteiger partial charge in [0.25, 0.3) is 0 Å². The highest BCUT2D eigenvalue weighted by Crippen LogP contribution is 2.28. The molecule has 1 atom stereocenters. The van der Waals surface area contributed by atoms with Gasteiger partial charge < -0.3 is 10.2 Å². The van der Waals surface area contributed by atoms with Gasteiger partial charge in [0.15, 0.2) is 5.13 Å². The minimum Gasteiger partial charge on any atom is -0.361 e. The first-order valence-corrected chi connectivity index (χ1v) is 7.82. The number of anilines is 1. The van der Waals surface area contributed by atoms with Gasteiger partial charge in [-0.25, -0.2) is 4.98 Å². The van der Waals surface area contributed by atoms with Gasteiger partial charge in [-0.05, 0) is 50.9 Å². The second-order valence-electron chi connectivity index (χ2n) is 5.59. The molecule has 1 saturated heterocycles. The molecule has 102 valence electrons. The zero-order chi connectivity index (χ0) is 13.2. The first-order valence-electron chi connectivity index (χ1n) is 7.01. The fourth-order valence-electron chi connectivity index (χ4n) is 2.83. The summed E-state index contributed by atoms with van der Waals surface area (Å²) in [4.78, 5) is 7.14. The van der Waals surface area contributed by atoms with Gasteiger partial charge in [0.2, 0.25) is 0 Å². The summed E-state index contributed by atoms with van der Waals surface area (Å²) in [5.74, 6) is 0.756. The quantitative estimate of drug-likeness (QED) is 0.931. The normalized spacial score (nSPS) is 20.8. The van der Waals surface area contributed by atoms with Crippen LogP contribution in [0.4, 0.5) is 5.13 Å². The Bertz CT molecular complexity index is 564. The van der Waals surface area contributed by atoms with Crippen molar-refractivity contribution >= 4 is 26.7 Å². The van der Waals surface area contributed by atoms with Crippen LogP contribution in [-0.2, 0) is 0 Å². The van der Waals surface area contributed by atoms with Crippen LogP contribution >= 0.6 is 11.3 Å². The van der Waals surface area contributed by atoms with Crippen LogP contribution in [0.25, 0.3) is 10.2 Å². The van der Waals surface area contributed by atoms with Crippen LogP contribution in [0, 0.1) is 12.8 Å². The van der Waals surface area contributed by atoms with Crippen LogP contribution in [0.3, 0.4) is 0 Å². The number of thiazole rings is 1. The minimum absolute atomic E-state index is 0.756. The summed E-state index contributed by atoms with van der Waals surface area (Å²) in [5.41, 5.74) is 2.41. The molecule has 1 aliphatic heterocycles. The molecular weight excluding hydrogens is 254 g/mol. The summed E-state index contributed by atoms with van der Waals surface area (Å²) in [6.07, 6.45) is 2.66. The van der Waals surface area contributed by atoms with Crippen molar-refractivity contribution in [3.8, 4) is 0 Å². The van der Waals surface area contributed by atoms with E-state index < -0.39 is 0 Å². The summed E-state index contributed by atoms with van der Waals surface area (Å²) in [5, 5.41) is 4.60. The van der Waals surface area contributed by atoms with Crippen molar-refractivity contribution in [1.29, 1.82) is 0 Å². The minimum atomic E-state index is 0.756. The maximum atomic E-state index is 4.71. The maximum Gasteiger partial charge on any atom is 0.183 e. The molecule has 1 aromatic carbocycles. The van der Waals surface area contributed by atoms with E-state index in [1.807, 2.05) is 0 Å². The van der Waals surface area contributed by atoms with Gasteiger partial charge in [-0.15, -0.1) is 0 Å². The lowest BCUT2D eigenvalue weighted by atomic mass is 9.99. The number of aromatic nitrogens is 1. The second-order valence-corrected chi connectivity index (χ2v) is 6.62. The zero-order valence-corrected chi connectivity index (χ0v) is 12.5. The molecule has 0 bridgehead atoms. The highest BCUT2D eigenvalue weighted by molar-refractivity contribution is 7.22. The third-order valence-electron chi connectivity index (χ3n) is 3.88. The summed E-state index contributed by atoms with van der Waals surface area (Å²) in [6.45, 7) is 5.62. The molecular formula is C15H21N3S. The van der Waals surface area contributed by atoms with E-state index in [1.165, 1.54) is 36.2 Å². The number of para-hydroxylation sites is 1. The molecule has 1 aliphatic rings. The number of nitrogens with zero attached hydrogens (tertiary/aromatic N) is 2. The summed E-state index contributed by atoms with van der Waals surface area (Å²) >= 11 is 1.76. The predicted molar refractivity (Wildman–Crippen MR) is 83.1 cm³/mol. The standard InChI is InChI=1S/C15H21N3S/c1-11-5-3-7-13-14(11)17-15(19-13)16-9-12-6-4-8-18(2)10-12/h3,5,7,12H,4,6,8-10H2,1-2H3,(H,16,17). The van der Waals surface area contributed by atoms with Gasteiger partial charge in [0, 0.05) is 13.1 Å². The number of piperidine rings is 1. The first-order chi connectivity index (χ1) is 9.22. The molecule has 0 amide bonds. The van der Waals surface area contributed by atoms with E-state index in [0.717, 1.165) is 23.1 Å². The Morgan fingerprint density at radius 3 is 3.16 bits per heavy atom. The van der Waals surface area contributed by atoms with E-state index in [9.17, 15) is 0 Å². The Labute approximate surface area is 118 Å². The lowest BCUT2D eigenvalue weighted by Crippen LogP contribution is -2.35. The third kappa shape index (κ3) is 2.90. The van der Waals surface area contributed by atoms with Gasteiger partial charge in [0.05, 0.1) is 10.2 Å². The van der Waals surface area contributed by atoms with Crippen LogP contribution in [-0.4, -0.2) is 36.6 Å². The Morgan fingerprint density at radius 1 is 1.47 bits per heavy atom. The van der Waals surface area contributed by atoms with Crippen LogP contribution in [0.2, 0.25) is 0 Å². The van der Waals surface area contributed by atoms with Gasteiger partial charge >= 0.3 is 0 Å². The van der Waals surface area contributed by atoms with Crippen molar-refractivity contribution < 1.29 is 0 Å². The third-order valence-corrected chi connectivity index (χ3v) is 4.86. The molecule has 1 N–H and O–H groups in total. The molecule has 1 unspecified atom stereocenters. The molecule has 3 nitrogen and oxygen atoms in total. The van der Waals surface area contributed by atoms with E-state index >= 15 is 0 Å². The van der Waals surface area contributed by atoms with Gasteiger partial charge in [-0.1, -0.05) is 23.5 Å². The summed E-state index contributed by atoms with van der Waals surface area (Å²) in [6, 6.07) is 6.39. The van der Waals surface area contributed by atoms with Crippen LogP contribution < -0.4 is 5.32 Å². The van der Waals surface area contributed by atoms with Gasteiger partial charge in [-0.2, -0.15) is 0 Å². The number of hydrogen-bond acceptors (Lipinski definition) is 4. The van der Waals surface area contributed by atoms with Gasteiger partial charge in [0.1, 0.15) is 0 Å². The lowest BCUT2D eigenvalue weighted by molar-refractivity contribution is 0.217. The molecule has 4 heteroatoms. The first kappa shape index (κ1) is 12.9. The molecule has 1 aromatic heterocycles. The van der Waals surface area contributed by atoms with Crippen molar-refractivity contribution in [1.82, 2.24) is 9.88 Å². The van der Waals surface area contributed by atoms with Crippen molar-refractivity contribution in [2.75, 3.05) is 32.0 Å². The molecule has 0 spiro atoms. The monoisotopic (exact) mass is 275 g/mol. The topological polar surface area (TPSA) is 28.2 Å². The Kier molecular flexibility index (Phi) is 3.71. The molecule has 19 heavy (non-hydrogen) atoms. The average molecular weight is 275 g/mol. The van der Waals surface area contributed by atoms with Gasteiger partial charge in [-0.3, -0.25) is 0 Å². The number of aryl methyl sites for hydroxylation is 1. The highest BCUT2D eigenvalue weighted by Gasteiger charge is 2.17. The number of likely N-dealkylation sites (tertiary alicyclic amines) is 1. The van der Waals surface area contributed by atoms with Crippen molar-refractivity contribution in [3.63, 3.8) is 0 Å². The van der Waals surface area contributed by atoms with E-state index in [1.54, 1.807) is 11.3 Å². The highest BCUT2D eigenvalue weighted by atomic mass is 32.1. The van der Waals surface area contributed by atoms with Crippen LogP contribution in [0.5, 0.6) is 0 Å². The number of nitrogens with one attached hydrogen (secondary N) is 1. The molecule has 0 saturated carbocycles. The van der Waals surface area contributed by atoms with E-state index in [-0.39, 0.29) is 0 Å². The fraction of sp³-hybridized carbons (Fsp3) is 0.533. The Balaban J connectivity index is 1.66. The number of rotatable bonds is 3. The molecule has 2 heterocycles.